The Kier molecular flexibility index (Phi) is 6.14. The van der Waals surface area contributed by atoms with Crippen molar-refractivity contribution in [1.29, 1.82) is 0 Å². The number of aromatic nitrogens is 2. The second kappa shape index (κ2) is 8.10. The molecule has 0 aliphatic rings. The molecule has 2 aromatic rings. The summed E-state index contributed by atoms with van der Waals surface area (Å²) in [5.74, 6) is 0.912. The zero-order valence-electron chi connectivity index (χ0n) is 12.9. The van der Waals surface area contributed by atoms with Crippen molar-refractivity contribution in [3.05, 3.63) is 39.8 Å². The summed E-state index contributed by atoms with van der Waals surface area (Å²) in [7, 11) is 1.70. The summed E-state index contributed by atoms with van der Waals surface area (Å²) in [6.07, 6.45) is 2.87. The lowest BCUT2D eigenvalue weighted by Crippen LogP contribution is -2.23. The first-order valence-electron chi connectivity index (χ1n) is 7.35. The van der Waals surface area contributed by atoms with Crippen LogP contribution in [0.5, 0.6) is 5.75 Å². The van der Waals surface area contributed by atoms with E-state index in [1.807, 2.05) is 18.2 Å². The molecule has 0 saturated carbocycles. The Morgan fingerprint density at radius 2 is 1.95 bits per heavy atom. The lowest BCUT2D eigenvalue weighted by molar-refractivity contribution is 0.410. The average Bonchev–Trinajstić information content (AvgIpc) is 2.91. The summed E-state index contributed by atoms with van der Waals surface area (Å²) in [5, 5.41) is 14.2. The smallest absolute Gasteiger partial charge is 0.122 e. The molecular formula is C16H23N3OS. The lowest BCUT2D eigenvalue weighted by Gasteiger charge is -2.06. The SMILES string of the molecule is COc1ccccc1Cc1nnc(CCCNC(C)C)s1. The van der Waals surface area contributed by atoms with Crippen molar-refractivity contribution < 1.29 is 4.74 Å². The van der Waals surface area contributed by atoms with Crippen molar-refractivity contribution in [2.75, 3.05) is 13.7 Å². The van der Waals surface area contributed by atoms with Crippen molar-refractivity contribution in [3.8, 4) is 5.75 Å². The molecule has 1 heterocycles. The fourth-order valence-electron chi connectivity index (χ4n) is 2.10. The van der Waals surface area contributed by atoms with Gasteiger partial charge in [0.25, 0.3) is 0 Å². The molecule has 0 saturated heterocycles. The number of ether oxygens (including phenoxy) is 1. The van der Waals surface area contributed by atoms with Crippen molar-refractivity contribution >= 4 is 11.3 Å². The Balaban J connectivity index is 1.88. The molecule has 1 aromatic heterocycles. The first-order chi connectivity index (χ1) is 10.2. The van der Waals surface area contributed by atoms with Gasteiger partial charge in [0.15, 0.2) is 0 Å². The quantitative estimate of drug-likeness (QED) is 0.761. The fraction of sp³-hybridized carbons (Fsp3) is 0.500. The van der Waals surface area contributed by atoms with E-state index in [0.29, 0.717) is 6.04 Å². The molecule has 0 fully saturated rings. The van der Waals surface area contributed by atoms with E-state index < -0.39 is 0 Å². The summed E-state index contributed by atoms with van der Waals surface area (Å²) in [6, 6.07) is 8.61. The molecule has 0 spiro atoms. The van der Waals surface area contributed by atoms with Gasteiger partial charge in [0.05, 0.1) is 7.11 Å². The number of para-hydroxylation sites is 1. The number of hydrogen-bond donors (Lipinski definition) is 1. The van der Waals surface area contributed by atoms with Gasteiger partial charge in [0, 0.05) is 24.4 Å². The third kappa shape index (κ3) is 5.10. The van der Waals surface area contributed by atoms with Crippen LogP contribution < -0.4 is 10.1 Å². The Bertz CT molecular complexity index is 554. The number of nitrogens with one attached hydrogen (secondary N) is 1. The van der Waals surface area contributed by atoms with Crippen molar-refractivity contribution in [3.63, 3.8) is 0 Å². The molecule has 114 valence electrons. The Morgan fingerprint density at radius 3 is 2.71 bits per heavy atom. The number of methoxy groups -OCH3 is 1. The van der Waals surface area contributed by atoms with Crippen LogP contribution in [0.15, 0.2) is 24.3 Å². The van der Waals surface area contributed by atoms with Gasteiger partial charge in [-0.1, -0.05) is 32.0 Å². The maximum atomic E-state index is 5.37. The van der Waals surface area contributed by atoms with E-state index in [1.54, 1.807) is 18.4 Å². The van der Waals surface area contributed by atoms with Gasteiger partial charge < -0.3 is 10.1 Å². The molecule has 4 nitrogen and oxygen atoms in total. The standard InChI is InChI=1S/C16H23N3OS/c1-12(2)17-10-6-9-15-18-19-16(21-15)11-13-7-4-5-8-14(13)20-3/h4-5,7-8,12,17H,6,9-11H2,1-3H3. The third-order valence-electron chi connectivity index (χ3n) is 3.16. The molecule has 0 aliphatic carbocycles. The number of nitrogens with zero attached hydrogens (tertiary/aromatic N) is 2. The maximum Gasteiger partial charge on any atom is 0.122 e. The highest BCUT2D eigenvalue weighted by Gasteiger charge is 2.08. The third-order valence-corrected chi connectivity index (χ3v) is 4.15. The number of rotatable bonds is 8. The summed E-state index contributed by atoms with van der Waals surface area (Å²) < 4.78 is 5.37. The Hall–Kier alpha value is -1.46. The number of hydrogen-bond acceptors (Lipinski definition) is 5. The topological polar surface area (TPSA) is 47.0 Å². The zero-order valence-corrected chi connectivity index (χ0v) is 13.7. The maximum absolute atomic E-state index is 5.37. The second-order valence-corrected chi connectivity index (χ2v) is 6.44. The summed E-state index contributed by atoms with van der Waals surface area (Å²) >= 11 is 1.70. The van der Waals surface area contributed by atoms with Gasteiger partial charge in [-0.2, -0.15) is 0 Å². The Labute approximate surface area is 130 Å². The minimum atomic E-state index is 0.542. The largest absolute Gasteiger partial charge is 0.496 e. The normalized spacial score (nSPS) is 11.0. The molecule has 0 unspecified atom stereocenters. The van der Waals surface area contributed by atoms with Crippen LogP contribution >= 0.6 is 11.3 Å². The first-order valence-corrected chi connectivity index (χ1v) is 8.17. The van der Waals surface area contributed by atoms with Gasteiger partial charge in [0.1, 0.15) is 15.8 Å². The summed E-state index contributed by atoms with van der Waals surface area (Å²) in [6.45, 7) is 5.35. The van der Waals surface area contributed by atoms with Crippen LogP contribution in [-0.4, -0.2) is 29.9 Å². The Morgan fingerprint density at radius 1 is 1.19 bits per heavy atom. The summed E-state index contributed by atoms with van der Waals surface area (Å²) in [5.41, 5.74) is 1.16. The van der Waals surface area contributed by atoms with Crippen molar-refractivity contribution in [2.45, 2.75) is 39.2 Å². The van der Waals surface area contributed by atoms with Gasteiger partial charge in [0.2, 0.25) is 0 Å². The molecule has 0 amide bonds. The molecule has 5 heteroatoms. The van der Waals surface area contributed by atoms with E-state index in [1.165, 1.54) is 0 Å². The van der Waals surface area contributed by atoms with E-state index >= 15 is 0 Å². The molecule has 2 rings (SSSR count). The van der Waals surface area contributed by atoms with Crippen LogP contribution in [0.2, 0.25) is 0 Å². The van der Waals surface area contributed by atoms with E-state index in [9.17, 15) is 0 Å². The molecule has 0 atom stereocenters. The fourth-order valence-corrected chi connectivity index (χ4v) is 3.01. The predicted molar refractivity (Wildman–Crippen MR) is 87.2 cm³/mol. The molecule has 0 radical (unpaired) electrons. The molecule has 0 bridgehead atoms. The highest BCUT2D eigenvalue weighted by Crippen LogP contribution is 2.22. The summed E-state index contributed by atoms with van der Waals surface area (Å²) in [4.78, 5) is 0. The van der Waals surface area contributed by atoms with E-state index in [-0.39, 0.29) is 0 Å². The van der Waals surface area contributed by atoms with Crippen LogP contribution in [0.1, 0.15) is 35.8 Å². The van der Waals surface area contributed by atoms with Crippen LogP contribution in [-0.2, 0) is 12.8 Å². The second-order valence-electron chi connectivity index (χ2n) is 5.29. The van der Waals surface area contributed by atoms with Gasteiger partial charge in [-0.15, -0.1) is 21.5 Å². The zero-order chi connectivity index (χ0) is 15.1. The molecule has 1 aromatic carbocycles. The monoisotopic (exact) mass is 305 g/mol. The first kappa shape index (κ1) is 15.9. The number of benzene rings is 1. The molecule has 1 N–H and O–H groups in total. The van der Waals surface area contributed by atoms with Gasteiger partial charge >= 0.3 is 0 Å². The van der Waals surface area contributed by atoms with E-state index in [4.69, 9.17) is 4.74 Å². The van der Waals surface area contributed by atoms with Crippen LogP contribution in [0.25, 0.3) is 0 Å². The van der Waals surface area contributed by atoms with Crippen molar-refractivity contribution in [2.24, 2.45) is 0 Å². The van der Waals surface area contributed by atoms with Gasteiger partial charge in [-0.25, -0.2) is 0 Å². The highest BCUT2D eigenvalue weighted by molar-refractivity contribution is 7.11. The minimum absolute atomic E-state index is 0.542. The lowest BCUT2D eigenvalue weighted by atomic mass is 10.1. The highest BCUT2D eigenvalue weighted by atomic mass is 32.1. The van der Waals surface area contributed by atoms with E-state index in [2.05, 4.69) is 35.4 Å². The predicted octanol–water partition coefficient (Wildman–Crippen LogP) is 3.07. The van der Waals surface area contributed by atoms with E-state index in [0.717, 1.165) is 47.1 Å². The van der Waals surface area contributed by atoms with Crippen LogP contribution in [0, 0.1) is 0 Å². The van der Waals surface area contributed by atoms with Gasteiger partial charge in [-0.3, -0.25) is 0 Å². The van der Waals surface area contributed by atoms with Gasteiger partial charge in [-0.05, 0) is 19.0 Å². The van der Waals surface area contributed by atoms with Crippen LogP contribution in [0.3, 0.4) is 0 Å². The minimum Gasteiger partial charge on any atom is -0.496 e. The molecular weight excluding hydrogens is 282 g/mol. The molecule has 0 aliphatic heterocycles. The van der Waals surface area contributed by atoms with Crippen LogP contribution in [0.4, 0.5) is 0 Å². The van der Waals surface area contributed by atoms with Crippen molar-refractivity contribution in [1.82, 2.24) is 15.5 Å². The molecule has 21 heavy (non-hydrogen) atoms. The average molecular weight is 305 g/mol. The number of aryl methyl sites for hydroxylation is 1.